The Morgan fingerprint density at radius 2 is 2.31 bits per heavy atom. The maximum Gasteiger partial charge on any atom is 0.417 e. The summed E-state index contributed by atoms with van der Waals surface area (Å²) in [5.41, 5.74) is 2.42. The average molecular weight is 222 g/mol. The van der Waals surface area contributed by atoms with Crippen LogP contribution in [0.4, 0.5) is 0 Å². The number of hydrogen-bond donors (Lipinski definition) is 1. The molecule has 0 radical (unpaired) electrons. The topological polar surface area (TPSA) is 58.5 Å². The number of fused-ring (bicyclic) bond motifs is 1. The van der Waals surface area contributed by atoms with Gasteiger partial charge >= 0.3 is 5.76 Å². The molecule has 0 amide bonds. The van der Waals surface area contributed by atoms with Gasteiger partial charge in [-0.1, -0.05) is 6.07 Å². The number of aromatic nitrogens is 1. The first-order valence-electron chi connectivity index (χ1n) is 4.98. The highest BCUT2D eigenvalue weighted by Gasteiger charge is 2.04. The van der Waals surface area contributed by atoms with Crippen LogP contribution in [0.3, 0.4) is 0 Å². The van der Waals surface area contributed by atoms with Crippen LogP contribution >= 0.6 is 0 Å². The van der Waals surface area contributed by atoms with Crippen LogP contribution in [-0.4, -0.2) is 30.8 Å². The zero-order chi connectivity index (χ0) is 11.5. The van der Waals surface area contributed by atoms with Gasteiger partial charge < -0.3 is 9.15 Å². The number of ether oxygens (including phenoxy) is 1. The first-order valence-corrected chi connectivity index (χ1v) is 4.98. The van der Waals surface area contributed by atoms with Gasteiger partial charge in [0.05, 0.1) is 12.2 Å². The minimum Gasteiger partial charge on any atom is -0.408 e. The van der Waals surface area contributed by atoms with Crippen molar-refractivity contribution in [1.82, 2.24) is 9.88 Å². The minimum absolute atomic E-state index is 0.419. The molecule has 16 heavy (non-hydrogen) atoms. The van der Waals surface area contributed by atoms with E-state index in [-0.39, 0.29) is 0 Å². The average Bonchev–Trinajstić information content (AvgIpc) is 2.57. The third-order valence-corrected chi connectivity index (χ3v) is 2.29. The summed E-state index contributed by atoms with van der Waals surface area (Å²) in [6.07, 6.45) is 0. The summed E-state index contributed by atoms with van der Waals surface area (Å²) in [4.78, 5) is 15.6. The smallest absolute Gasteiger partial charge is 0.408 e. The van der Waals surface area contributed by atoms with Crippen LogP contribution in [0.2, 0.25) is 0 Å². The number of nitrogens with one attached hydrogen (secondary N) is 1. The number of nitrogens with zero attached hydrogens (tertiary/aromatic N) is 1. The van der Waals surface area contributed by atoms with Crippen molar-refractivity contribution >= 4 is 11.1 Å². The molecule has 1 N–H and O–H groups in total. The quantitative estimate of drug-likeness (QED) is 0.788. The van der Waals surface area contributed by atoms with Gasteiger partial charge in [-0.25, -0.2) is 4.79 Å². The van der Waals surface area contributed by atoms with E-state index in [0.717, 1.165) is 17.6 Å². The Morgan fingerprint density at radius 3 is 3.06 bits per heavy atom. The molecule has 0 aliphatic rings. The summed E-state index contributed by atoms with van der Waals surface area (Å²) in [5.74, 6) is -0.419. The van der Waals surface area contributed by atoms with E-state index in [1.807, 2.05) is 24.1 Å². The summed E-state index contributed by atoms with van der Waals surface area (Å²) in [6.45, 7) is 1.33. The Labute approximate surface area is 92.6 Å². The van der Waals surface area contributed by atoms with E-state index in [9.17, 15) is 4.79 Å². The van der Waals surface area contributed by atoms with Crippen molar-refractivity contribution in [2.75, 3.05) is 20.9 Å². The normalized spacial score (nSPS) is 11.4. The van der Waals surface area contributed by atoms with Gasteiger partial charge in [0, 0.05) is 13.7 Å². The zero-order valence-corrected chi connectivity index (χ0v) is 9.32. The number of rotatable bonds is 4. The van der Waals surface area contributed by atoms with Gasteiger partial charge in [0.1, 0.15) is 0 Å². The van der Waals surface area contributed by atoms with Crippen molar-refractivity contribution in [3.8, 4) is 0 Å². The summed E-state index contributed by atoms with van der Waals surface area (Å²) in [6, 6.07) is 5.64. The second-order valence-electron chi connectivity index (χ2n) is 3.78. The van der Waals surface area contributed by atoms with Gasteiger partial charge in [-0.15, -0.1) is 0 Å². The third-order valence-electron chi connectivity index (χ3n) is 2.29. The van der Waals surface area contributed by atoms with Gasteiger partial charge in [-0.2, -0.15) is 0 Å². The molecule has 0 spiro atoms. The molecular weight excluding hydrogens is 208 g/mol. The van der Waals surface area contributed by atoms with Crippen molar-refractivity contribution in [3.05, 3.63) is 34.3 Å². The first kappa shape index (κ1) is 10.9. The molecule has 0 saturated carbocycles. The van der Waals surface area contributed by atoms with Crippen molar-refractivity contribution in [1.29, 1.82) is 0 Å². The molecular formula is C11H14N2O3. The molecule has 0 unspecified atom stereocenters. The molecule has 0 bridgehead atoms. The van der Waals surface area contributed by atoms with Crippen molar-refractivity contribution in [3.63, 3.8) is 0 Å². The Bertz CT molecular complexity index is 529. The summed E-state index contributed by atoms with van der Waals surface area (Å²) >= 11 is 0. The lowest BCUT2D eigenvalue weighted by atomic mass is 10.2. The monoisotopic (exact) mass is 222 g/mol. The molecule has 0 fully saturated rings. The van der Waals surface area contributed by atoms with E-state index in [4.69, 9.17) is 9.15 Å². The molecule has 0 atom stereocenters. The van der Waals surface area contributed by atoms with Crippen LogP contribution in [-0.2, 0) is 11.3 Å². The number of H-pyrrole nitrogens is 1. The lowest BCUT2D eigenvalue weighted by molar-refractivity contribution is 0.0772. The molecule has 1 aromatic heterocycles. The molecule has 2 aromatic rings. The fraction of sp³-hybridized carbons (Fsp3) is 0.364. The molecule has 0 saturated heterocycles. The van der Waals surface area contributed by atoms with E-state index in [0.29, 0.717) is 12.3 Å². The highest BCUT2D eigenvalue weighted by Crippen LogP contribution is 2.13. The Hall–Kier alpha value is -1.59. The van der Waals surface area contributed by atoms with Crippen molar-refractivity contribution in [2.45, 2.75) is 6.54 Å². The van der Waals surface area contributed by atoms with Crippen LogP contribution in [0.15, 0.2) is 27.4 Å². The van der Waals surface area contributed by atoms with Gasteiger partial charge in [-0.05, 0) is 24.7 Å². The predicted molar refractivity (Wildman–Crippen MR) is 60.2 cm³/mol. The van der Waals surface area contributed by atoms with E-state index in [1.165, 1.54) is 0 Å². The van der Waals surface area contributed by atoms with Gasteiger partial charge in [0.15, 0.2) is 5.58 Å². The SMILES string of the molecule is COCN(C)Cc1ccc2oc(=O)[nH]c2c1. The fourth-order valence-electron chi connectivity index (χ4n) is 1.68. The molecule has 0 aliphatic carbocycles. The molecule has 5 nitrogen and oxygen atoms in total. The molecule has 1 heterocycles. The van der Waals surface area contributed by atoms with E-state index >= 15 is 0 Å². The van der Waals surface area contributed by atoms with Gasteiger partial charge in [0.2, 0.25) is 0 Å². The van der Waals surface area contributed by atoms with Crippen LogP contribution in [0.1, 0.15) is 5.56 Å². The second-order valence-corrected chi connectivity index (χ2v) is 3.78. The summed E-state index contributed by atoms with van der Waals surface area (Å²) < 4.78 is 9.94. The Balaban J connectivity index is 2.22. The second kappa shape index (κ2) is 4.51. The molecule has 5 heteroatoms. The largest absolute Gasteiger partial charge is 0.417 e. The molecule has 1 aromatic carbocycles. The standard InChI is InChI=1S/C11H14N2O3/c1-13(7-15-2)6-8-3-4-10-9(5-8)12-11(14)16-10/h3-5H,6-7H2,1-2H3,(H,12,14). The maximum atomic E-state index is 11.0. The van der Waals surface area contributed by atoms with Crippen molar-refractivity contribution in [2.24, 2.45) is 0 Å². The number of oxazole rings is 1. The van der Waals surface area contributed by atoms with Crippen LogP contribution in [0.25, 0.3) is 11.1 Å². The number of methoxy groups -OCH3 is 1. The number of benzene rings is 1. The summed E-state index contributed by atoms with van der Waals surface area (Å²) in [5, 5.41) is 0. The highest BCUT2D eigenvalue weighted by atomic mass is 16.5. The van der Waals surface area contributed by atoms with E-state index in [2.05, 4.69) is 4.98 Å². The van der Waals surface area contributed by atoms with E-state index in [1.54, 1.807) is 13.2 Å². The molecule has 86 valence electrons. The Morgan fingerprint density at radius 1 is 1.50 bits per heavy atom. The van der Waals surface area contributed by atoms with Gasteiger partial charge in [0.25, 0.3) is 0 Å². The third kappa shape index (κ3) is 2.32. The van der Waals surface area contributed by atoms with Crippen LogP contribution < -0.4 is 5.76 Å². The van der Waals surface area contributed by atoms with Crippen LogP contribution in [0, 0.1) is 0 Å². The van der Waals surface area contributed by atoms with Crippen molar-refractivity contribution < 1.29 is 9.15 Å². The summed E-state index contributed by atoms with van der Waals surface area (Å²) in [7, 11) is 3.62. The first-order chi connectivity index (χ1) is 7.69. The van der Waals surface area contributed by atoms with E-state index < -0.39 is 5.76 Å². The zero-order valence-electron chi connectivity index (χ0n) is 9.32. The molecule has 2 rings (SSSR count). The minimum atomic E-state index is -0.419. The van der Waals surface area contributed by atoms with Gasteiger partial charge in [-0.3, -0.25) is 9.88 Å². The highest BCUT2D eigenvalue weighted by molar-refractivity contribution is 5.72. The predicted octanol–water partition coefficient (Wildman–Crippen LogP) is 1.16. The molecule has 0 aliphatic heterocycles. The fourth-order valence-corrected chi connectivity index (χ4v) is 1.68. The number of hydrogen-bond acceptors (Lipinski definition) is 4. The maximum absolute atomic E-state index is 11.0. The lowest BCUT2D eigenvalue weighted by Gasteiger charge is -2.14. The Kier molecular flexibility index (Phi) is 3.07. The number of aromatic amines is 1. The lowest BCUT2D eigenvalue weighted by Crippen LogP contribution is -2.20. The van der Waals surface area contributed by atoms with Crippen LogP contribution in [0.5, 0.6) is 0 Å².